The topological polar surface area (TPSA) is 169 Å². The Kier molecular flexibility index (Phi) is 8.74. The zero-order valence-electron chi connectivity index (χ0n) is 17.3. The van der Waals surface area contributed by atoms with Crippen molar-refractivity contribution in [3.8, 4) is 0 Å². The summed E-state index contributed by atoms with van der Waals surface area (Å²) in [4.78, 5) is 28.6. The van der Waals surface area contributed by atoms with Crippen molar-refractivity contribution in [1.82, 2.24) is 5.32 Å². The summed E-state index contributed by atoms with van der Waals surface area (Å²) >= 11 is 0. The lowest BCUT2D eigenvalue weighted by molar-refractivity contribution is -0.118. The Bertz CT molecular complexity index is 972. The van der Waals surface area contributed by atoms with Gasteiger partial charge < -0.3 is 32.9 Å². The predicted molar refractivity (Wildman–Crippen MR) is 123 cm³/mol. The van der Waals surface area contributed by atoms with E-state index in [9.17, 15) is 14.7 Å². The van der Waals surface area contributed by atoms with Crippen molar-refractivity contribution in [3.63, 3.8) is 0 Å². The second-order valence-electron chi connectivity index (χ2n) is 6.78. The largest absolute Gasteiger partial charge is 0.503 e. The summed E-state index contributed by atoms with van der Waals surface area (Å²) in [6, 6.07) is 14.1. The zero-order valence-corrected chi connectivity index (χ0v) is 17.3. The first-order chi connectivity index (χ1) is 14.9. The average Bonchev–Trinajstić information content (AvgIpc) is 2.77. The number of amides is 2. The predicted octanol–water partition coefficient (Wildman–Crippen LogP) is 1.23. The Labute approximate surface area is 181 Å². The molecule has 9 N–H and O–H groups in total. The first-order valence-electron chi connectivity index (χ1n) is 9.75. The third-order valence-corrected chi connectivity index (χ3v) is 4.51. The van der Waals surface area contributed by atoms with Crippen LogP contribution in [0.25, 0.3) is 0 Å². The number of carbonyl (C=O) groups excluding carboxylic acids is 2. The van der Waals surface area contributed by atoms with Crippen LogP contribution in [-0.4, -0.2) is 42.9 Å². The fourth-order valence-electron chi connectivity index (χ4n) is 2.90. The van der Waals surface area contributed by atoms with E-state index in [1.807, 2.05) is 30.3 Å². The minimum absolute atomic E-state index is 0.176. The summed E-state index contributed by atoms with van der Waals surface area (Å²) in [5.74, 6) is -2.26. The summed E-state index contributed by atoms with van der Waals surface area (Å²) in [6.07, 6.45) is 1.76. The molecule has 164 valence electrons. The second-order valence-corrected chi connectivity index (χ2v) is 6.78. The van der Waals surface area contributed by atoms with Gasteiger partial charge >= 0.3 is 5.91 Å². The quantitative estimate of drug-likeness (QED) is 0.116. The van der Waals surface area contributed by atoms with E-state index in [1.165, 1.54) is 12.1 Å². The highest BCUT2D eigenvalue weighted by Crippen LogP contribution is 2.23. The number of likely N-dealkylation sites (N-methyl/N-ethyl adjacent to an activating group) is 1. The number of nitrogens with zero attached hydrogens (tertiary/aromatic N) is 1. The van der Waals surface area contributed by atoms with Gasteiger partial charge in [-0.15, -0.1) is 0 Å². The van der Waals surface area contributed by atoms with Gasteiger partial charge in [0.2, 0.25) is 5.91 Å². The SMILES string of the molecule is CNC/C=C(\O)C(=O)N=C(N)c1cc(NC(=O)C(CCN)c2ccccc2)ccc1N. The number of aliphatic hydroxyl groups excluding tert-OH is 1. The zero-order chi connectivity index (χ0) is 22.8. The van der Waals surface area contributed by atoms with E-state index in [0.29, 0.717) is 25.2 Å². The van der Waals surface area contributed by atoms with Crippen LogP contribution in [0, 0.1) is 0 Å². The highest BCUT2D eigenvalue weighted by Gasteiger charge is 2.20. The molecule has 1 unspecified atom stereocenters. The van der Waals surface area contributed by atoms with Crippen molar-refractivity contribution >= 4 is 29.0 Å². The minimum atomic E-state index is -0.895. The number of carbonyl (C=O) groups is 2. The Morgan fingerprint density at radius 2 is 1.90 bits per heavy atom. The van der Waals surface area contributed by atoms with Crippen LogP contribution >= 0.6 is 0 Å². The van der Waals surface area contributed by atoms with E-state index in [4.69, 9.17) is 17.2 Å². The van der Waals surface area contributed by atoms with Gasteiger partial charge in [-0.3, -0.25) is 9.59 Å². The van der Waals surface area contributed by atoms with Crippen LogP contribution in [0.3, 0.4) is 0 Å². The minimum Gasteiger partial charge on any atom is -0.503 e. The Morgan fingerprint density at radius 1 is 1.19 bits per heavy atom. The lowest BCUT2D eigenvalue weighted by Gasteiger charge is -2.17. The van der Waals surface area contributed by atoms with Gasteiger partial charge in [-0.25, -0.2) is 0 Å². The van der Waals surface area contributed by atoms with Crippen LogP contribution in [0.1, 0.15) is 23.5 Å². The van der Waals surface area contributed by atoms with E-state index in [0.717, 1.165) is 5.56 Å². The molecule has 9 heteroatoms. The van der Waals surface area contributed by atoms with E-state index >= 15 is 0 Å². The van der Waals surface area contributed by atoms with Crippen LogP contribution < -0.4 is 27.8 Å². The van der Waals surface area contributed by atoms with Gasteiger partial charge in [0.05, 0.1) is 5.92 Å². The van der Waals surface area contributed by atoms with Gasteiger partial charge in [0.25, 0.3) is 0 Å². The van der Waals surface area contributed by atoms with Gasteiger partial charge in [0.15, 0.2) is 5.76 Å². The van der Waals surface area contributed by atoms with Crippen molar-refractivity contribution < 1.29 is 14.7 Å². The molecule has 0 heterocycles. The number of nitrogens with one attached hydrogen (secondary N) is 2. The standard InChI is InChI=1S/C22H28N6O3/c1-26-12-10-19(29)22(31)28-20(25)17-13-15(7-8-18(17)24)27-21(30)16(9-11-23)14-5-3-2-4-6-14/h2-8,10,13,16,26,29H,9,11-12,23-24H2,1H3,(H,27,30)(H2,25,28,31)/b19-10-. The molecule has 1 atom stereocenters. The fraction of sp³-hybridized carbons (Fsp3) is 0.227. The number of aliphatic hydroxyl groups is 1. The van der Waals surface area contributed by atoms with Crippen LogP contribution in [0.4, 0.5) is 11.4 Å². The van der Waals surface area contributed by atoms with E-state index in [1.54, 1.807) is 19.2 Å². The number of amidine groups is 1. The van der Waals surface area contributed by atoms with Gasteiger partial charge in [-0.2, -0.15) is 4.99 Å². The second kappa shape index (κ2) is 11.5. The first-order valence-corrected chi connectivity index (χ1v) is 9.75. The van der Waals surface area contributed by atoms with Crippen LogP contribution in [0.2, 0.25) is 0 Å². The molecule has 0 saturated carbocycles. The highest BCUT2D eigenvalue weighted by molar-refractivity contribution is 6.10. The number of rotatable bonds is 9. The third kappa shape index (κ3) is 6.66. The lowest BCUT2D eigenvalue weighted by Crippen LogP contribution is -2.24. The normalized spacial score (nSPS) is 13.0. The molecular weight excluding hydrogens is 396 g/mol. The molecule has 0 aliphatic carbocycles. The van der Waals surface area contributed by atoms with Crippen molar-refractivity contribution in [2.75, 3.05) is 31.2 Å². The first kappa shape index (κ1) is 23.6. The maximum Gasteiger partial charge on any atom is 0.313 e. The number of nitrogen functional groups attached to an aromatic ring is 1. The Hall–Kier alpha value is -3.69. The van der Waals surface area contributed by atoms with E-state index < -0.39 is 17.6 Å². The molecule has 0 saturated heterocycles. The molecule has 2 aromatic carbocycles. The molecule has 0 radical (unpaired) electrons. The molecule has 9 nitrogen and oxygen atoms in total. The van der Waals surface area contributed by atoms with Crippen molar-refractivity contribution in [3.05, 3.63) is 71.5 Å². The maximum atomic E-state index is 12.9. The molecule has 2 amide bonds. The van der Waals surface area contributed by atoms with Crippen LogP contribution in [-0.2, 0) is 9.59 Å². The molecule has 0 fully saturated rings. The van der Waals surface area contributed by atoms with Gasteiger partial charge in [0.1, 0.15) is 5.84 Å². The van der Waals surface area contributed by atoms with Gasteiger partial charge in [-0.05, 0) is 49.9 Å². The van der Waals surface area contributed by atoms with Crippen LogP contribution in [0.15, 0.2) is 65.4 Å². The smallest absolute Gasteiger partial charge is 0.313 e. The maximum absolute atomic E-state index is 12.9. The van der Waals surface area contributed by atoms with Gasteiger partial charge in [0, 0.05) is 23.5 Å². The highest BCUT2D eigenvalue weighted by atomic mass is 16.3. The third-order valence-electron chi connectivity index (χ3n) is 4.51. The number of benzene rings is 2. The lowest BCUT2D eigenvalue weighted by atomic mass is 9.94. The molecule has 2 rings (SSSR count). The van der Waals surface area contributed by atoms with Crippen LogP contribution in [0.5, 0.6) is 0 Å². The summed E-state index contributed by atoms with van der Waals surface area (Å²) in [6.45, 7) is 0.647. The van der Waals surface area contributed by atoms with Crippen molar-refractivity contribution in [1.29, 1.82) is 0 Å². The van der Waals surface area contributed by atoms with E-state index in [-0.39, 0.29) is 23.0 Å². The number of anilines is 2. The number of hydrogen-bond donors (Lipinski definition) is 6. The molecule has 0 spiro atoms. The van der Waals surface area contributed by atoms with Gasteiger partial charge in [-0.1, -0.05) is 30.3 Å². The fourth-order valence-corrected chi connectivity index (χ4v) is 2.90. The molecule has 0 bridgehead atoms. The molecule has 0 aromatic heterocycles. The average molecular weight is 425 g/mol. The number of nitrogens with two attached hydrogens (primary N) is 3. The Morgan fingerprint density at radius 3 is 2.55 bits per heavy atom. The summed E-state index contributed by atoms with van der Waals surface area (Å²) in [5, 5.41) is 15.3. The summed E-state index contributed by atoms with van der Waals surface area (Å²) < 4.78 is 0. The number of hydrogen-bond acceptors (Lipinski definition) is 6. The van der Waals surface area contributed by atoms with E-state index in [2.05, 4.69) is 15.6 Å². The van der Waals surface area contributed by atoms with Crippen molar-refractivity contribution in [2.24, 2.45) is 16.5 Å². The molecule has 2 aromatic rings. The molecule has 31 heavy (non-hydrogen) atoms. The van der Waals surface area contributed by atoms with Crippen molar-refractivity contribution in [2.45, 2.75) is 12.3 Å². The molecule has 0 aliphatic heterocycles. The summed E-state index contributed by atoms with van der Waals surface area (Å²) in [7, 11) is 1.67. The Balaban J connectivity index is 2.24. The summed E-state index contributed by atoms with van der Waals surface area (Å²) in [5.41, 5.74) is 19.4. The molecule has 0 aliphatic rings. The molecular formula is C22H28N6O3. The monoisotopic (exact) mass is 424 g/mol. The number of aliphatic imine (C=N–C) groups is 1.